The molecule has 0 heterocycles. The summed E-state index contributed by atoms with van der Waals surface area (Å²) in [6.07, 6.45) is 2.18. The van der Waals surface area contributed by atoms with Crippen LogP contribution in [0.1, 0.15) is 31.9 Å². The SMILES string of the molecule is C/C=C(\c1ccccc1)C(C)(C)c1ccccc1N. The molecule has 2 N–H and O–H groups in total. The van der Waals surface area contributed by atoms with Crippen molar-refractivity contribution in [1.82, 2.24) is 0 Å². The minimum absolute atomic E-state index is 0.110. The number of rotatable bonds is 3. The first-order valence-electron chi connectivity index (χ1n) is 6.64. The van der Waals surface area contributed by atoms with Crippen molar-refractivity contribution < 1.29 is 0 Å². The summed E-state index contributed by atoms with van der Waals surface area (Å²) in [5.74, 6) is 0. The molecule has 0 aromatic heterocycles. The number of hydrogen-bond acceptors (Lipinski definition) is 1. The first-order chi connectivity index (χ1) is 9.07. The van der Waals surface area contributed by atoms with Crippen molar-refractivity contribution in [3.8, 4) is 0 Å². The molecule has 0 radical (unpaired) electrons. The summed E-state index contributed by atoms with van der Waals surface area (Å²) in [5, 5.41) is 0. The van der Waals surface area contributed by atoms with Crippen LogP contribution in [0.25, 0.3) is 5.57 Å². The first-order valence-corrected chi connectivity index (χ1v) is 6.64. The summed E-state index contributed by atoms with van der Waals surface area (Å²) in [4.78, 5) is 0. The van der Waals surface area contributed by atoms with Crippen LogP contribution in [-0.2, 0) is 5.41 Å². The summed E-state index contributed by atoms with van der Waals surface area (Å²) in [6, 6.07) is 18.6. The highest BCUT2D eigenvalue weighted by Crippen LogP contribution is 2.40. The van der Waals surface area contributed by atoms with E-state index in [2.05, 4.69) is 57.2 Å². The molecule has 19 heavy (non-hydrogen) atoms. The maximum atomic E-state index is 6.15. The van der Waals surface area contributed by atoms with E-state index >= 15 is 0 Å². The monoisotopic (exact) mass is 251 g/mol. The highest BCUT2D eigenvalue weighted by Gasteiger charge is 2.27. The van der Waals surface area contributed by atoms with Crippen LogP contribution in [0.3, 0.4) is 0 Å². The minimum Gasteiger partial charge on any atom is -0.398 e. The van der Waals surface area contributed by atoms with Gasteiger partial charge in [-0.1, -0.05) is 68.5 Å². The van der Waals surface area contributed by atoms with Gasteiger partial charge in [0.25, 0.3) is 0 Å². The molecule has 0 atom stereocenters. The van der Waals surface area contributed by atoms with Gasteiger partial charge in [-0.25, -0.2) is 0 Å². The van der Waals surface area contributed by atoms with Crippen LogP contribution >= 0.6 is 0 Å². The van der Waals surface area contributed by atoms with Gasteiger partial charge in [0.05, 0.1) is 0 Å². The Morgan fingerprint density at radius 3 is 2.11 bits per heavy atom. The zero-order valence-electron chi connectivity index (χ0n) is 11.9. The van der Waals surface area contributed by atoms with Gasteiger partial charge in [0.2, 0.25) is 0 Å². The van der Waals surface area contributed by atoms with E-state index < -0.39 is 0 Å². The third-order valence-corrected chi connectivity index (χ3v) is 3.68. The van der Waals surface area contributed by atoms with Crippen molar-refractivity contribution in [3.63, 3.8) is 0 Å². The summed E-state index contributed by atoms with van der Waals surface area (Å²) in [5.41, 5.74) is 10.6. The molecule has 0 fully saturated rings. The third kappa shape index (κ3) is 2.55. The zero-order chi connectivity index (χ0) is 13.9. The highest BCUT2D eigenvalue weighted by atomic mass is 14.6. The number of nitrogen functional groups attached to an aromatic ring is 1. The average Bonchev–Trinajstić information content (AvgIpc) is 2.40. The molecule has 0 unspecified atom stereocenters. The molecule has 1 nitrogen and oxygen atoms in total. The third-order valence-electron chi connectivity index (χ3n) is 3.68. The van der Waals surface area contributed by atoms with Gasteiger partial charge in [-0.2, -0.15) is 0 Å². The van der Waals surface area contributed by atoms with E-state index in [1.165, 1.54) is 16.7 Å². The number of allylic oxidation sites excluding steroid dienone is 2. The van der Waals surface area contributed by atoms with Gasteiger partial charge >= 0.3 is 0 Å². The maximum Gasteiger partial charge on any atom is 0.0355 e. The Labute approximate surface area is 115 Å². The number of benzene rings is 2. The summed E-state index contributed by atoms with van der Waals surface area (Å²) < 4.78 is 0. The second kappa shape index (κ2) is 5.31. The van der Waals surface area contributed by atoms with Gasteiger partial charge in [0.1, 0.15) is 0 Å². The Morgan fingerprint density at radius 2 is 1.53 bits per heavy atom. The number of nitrogens with two attached hydrogens (primary N) is 1. The molecule has 0 amide bonds. The fourth-order valence-electron chi connectivity index (χ4n) is 2.72. The number of anilines is 1. The molecular formula is C18H21N. The van der Waals surface area contributed by atoms with E-state index in [4.69, 9.17) is 5.73 Å². The van der Waals surface area contributed by atoms with Crippen LogP contribution in [0, 0.1) is 0 Å². The van der Waals surface area contributed by atoms with E-state index in [9.17, 15) is 0 Å². The Bertz CT molecular complexity index is 580. The van der Waals surface area contributed by atoms with E-state index in [0.29, 0.717) is 0 Å². The van der Waals surface area contributed by atoms with Crippen LogP contribution in [0.5, 0.6) is 0 Å². The van der Waals surface area contributed by atoms with Crippen molar-refractivity contribution in [2.75, 3.05) is 5.73 Å². The van der Waals surface area contributed by atoms with Crippen molar-refractivity contribution in [1.29, 1.82) is 0 Å². The van der Waals surface area contributed by atoms with Crippen molar-refractivity contribution in [3.05, 3.63) is 71.8 Å². The second-order valence-electron chi connectivity index (χ2n) is 5.28. The Balaban J connectivity index is 2.52. The van der Waals surface area contributed by atoms with Gasteiger partial charge in [-0.15, -0.1) is 0 Å². The molecule has 0 aliphatic heterocycles. The zero-order valence-corrected chi connectivity index (χ0v) is 11.9. The average molecular weight is 251 g/mol. The molecule has 0 spiro atoms. The molecule has 0 saturated carbocycles. The van der Waals surface area contributed by atoms with Crippen LogP contribution in [0.2, 0.25) is 0 Å². The van der Waals surface area contributed by atoms with Crippen molar-refractivity contribution in [2.24, 2.45) is 0 Å². The summed E-state index contributed by atoms with van der Waals surface area (Å²) in [7, 11) is 0. The van der Waals surface area contributed by atoms with Crippen LogP contribution in [0.4, 0.5) is 5.69 Å². The largest absolute Gasteiger partial charge is 0.398 e. The highest BCUT2D eigenvalue weighted by molar-refractivity contribution is 5.76. The molecule has 2 aromatic rings. The standard InChI is InChI=1S/C18H21N/c1-4-15(14-10-6-5-7-11-14)18(2,3)16-12-8-9-13-17(16)19/h4-13H,19H2,1-3H3/b15-4+. The maximum absolute atomic E-state index is 6.15. The molecule has 0 saturated heterocycles. The fourth-order valence-corrected chi connectivity index (χ4v) is 2.72. The van der Waals surface area contributed by atoms with E-state index in [1.54, 1.807) is 0 Å². The molecule has 0 bridgehead atoms. The van der Waals surface area contributed by atoms with Gasteiger partial charge < -0.3 is 5.73 Å². The van der Waals surface area contributed by atoms with Crippen LogP contribution in [-0.4, -0.2) is 0 Å². The van der Waals surface area contributed by atoms with E-state index in [0.717, 1.165) is 5.69 Å². The number of hydrogen-bond donors (Lipinski definition) is 1. The topological polar surface area (TPSA) is 26.0 Å². The number of para-hydroxylation sites is 1. The molecule has 98 valence electrons. The van der Waals surface area contributed by atoms with Gasteiger partial charge in [0, 0.05) is 11.1 Å². The molecule has 2 aromatic carbocycles. The van der Waals surface area contributed by atoms with Gasteiger partial charge in [-0.05, 0) is 29.7 Å². The molecule has 0 aliphatic carbocycles. The molecule has 0 aliphatic rings. The van der Waals surface area contributed by atoms with Crippen LogP contribution in [0.15, 0.2) is 60.7 Å². The molecular weight excluding hydrogens is 230 g/mol. The van der Waals surface area contributed by atoms with Gasteiger partial charge in [0.15, 0.2) is 0 Å². The normalized spacial score (nSPS) is 12.5. The predicted molar refractivity (Wildman–Crippen MR) is 84.0 cm³/mol. The Kier molecular flexibility index (Phi) is 3.75. The lowest BCUT2D eigenvalue weighted by Crippen LogP contribution is -2.21. The fraction of sp³-hybridized carbons (Fsp3) is 0.222. The summed E-state index contributed by atoms with van der Waals surface area (Å²) >= 11 is 0. The minimum atomic E-state index is -0.110. The lowest BCUT2D eigenvalue weighted by atomic mass is 9.74. The smallest absolute Gasteiger partial charge is 0.0355 e. The Hall–Kier alpha value is -2.02. The van der Waals surface area contributed by atoms with E-state index in [-0.39, 0.29) is 5.41 Å². The van der Waals surface area contributed by atoms with Crippen molar-refractivity contribution >= 4 is 11.3 Å². The lowest BCUT2D eigenvalue weighted by Gasteiger charge is -2.30. The lowest BCUT2D eigenvalue weighted by molar-refractivity contribution is 0.694. The van der Waals surface area contributed by atoms with Gasteiger partial charge in [-0.3, -0.25) is 0 Å². The quantitative estimate of drug-likeness (QED) is 0.789. The predicted octanol–water partition coefficient (Wildman–Crippen LogP) is 4.65. The molecule has 2 rings (SSSR count). The van der Waals surface area contributed by atoms with Crippen LogP contribution < -0.4 is 5.73 Å². The summed E-state index contributed by atoms with van der Waals surface area (Å²) in [6.45, 7) is 6.53. The second-order valence-corrected chi connectivity index (χ2v) is 5.28. The first kappa shape index (κ1) is 13.4. The Morgan fingerprint density at radius 1 is 0.947 bits per heavy atom. The van der Waals surface area contributed by atoms with E-state index in [1.807, 2.05) is 24.3 Å². The molecule has 1 heteroatoms. The van der Waals surface area contributed by atoms with Crippen molar-refractivity contribution in [2.45, 2.75) is 26.2 Å².